The van der Waals surface area contributed by atoms with E-state index in [1.807, 2.05) is 0 Å². The van der Waals surface area contributed by atoms with Gasteiger partial charge in [0.25, 0.3) is 0 Å². The number of imide groups is 1. The van der Waals surface area contributed by atoms with E-state index >= 15 is 0 Å². The van der Waals surface area contributed by atoms with Gasteiger partial charge in [0, 0.05) is 15.6 Å². The number of esters is 1. The van der Waals surface area contributed by atoms with Crippen molar-refractivity contribution < 1.29 is 23.9 Å². The SMILES string of the molecule is NC(=O)C[C@H](C(=O)OCc1ccc(Cl)cc1Cl)N1C(=O)[C@@H]2[C@@H](C1=O)C1(Cl)c3ccccc3C2(Cl)c2ccccc21. The highest BCUT2D eigenvalue weighted by Gasteiger charge is 2.73. The minimum atomic E-state index is -1.62. The standard InChI is InChI=1S/C29H20Cl4N2O5/c30-15-10-9-14(20(31)11-15)13-40-27(39)21(12-22(34)36)35-25(37)23-24(26(35)38)29(33)17-6-2-1-5-16(17)28(23,32)18-7-3-4-8-19(18)29/h1-11,21,23-24H,12-13H2,(H2,34,36)/t21-,23+,24+,28?,29?/m1/s1. The van der Waals surface area contributed by atoms with E-state index in [9.17, 15) is 19.2 Å². The van der Waals surface area contributed by atoms with Gasteiger partial charge in [-0.2, -0.15) is 0 Å². The molecule has 11 heteroatoms. The van der Waals surface area contributed by atoms with Crippen molar-refractivity contribution >= 4 is 70.1 Å². The predicted molar refractivity (Wildman–Crippen MR) is 149 cm³/mol. The van der Waals surface area contributed by atoms with Crippen LogP contribution in [0.15, 0.2) is 66.7 Å². The summed E-state index contributed by atoms with van der Waals surface area (Å²) in [5.74, 6) is -5.65. The van der Waals surface area contributed by atoms with E-state index in [4.69, 9.17) is 56.9 Å². The van der Waals surface area contributed by atoms with Crippen molar-refractivity contribution in [1.29, 1.82) is 0 Å². The van der Waals surface area contributed by atoms with Gasteiger partial charge in [0.2, 0.25) is 17.7 Å². The number of hydrogen-bond donors (Lipinski definition) is 1. The molecule has 3 aromatic rings. The summed E-state index contributed by atoms with van der Waals surface area (Å²) in [4.78, 5) is 51.7. The number of nitrogens with zero attached hydrogens (tertiary/aromatic N) is 1. The van der Waals surface area contributed by atoms with Crippen molar-refractivity contribution in [3.63, 3.8) is 0 Å². The lowest BCUT2D eigenvalue weighted by Crippen LogP contribution is -2.57. The summed E-state index contributed by atoms with van der Waals surface area (Å²) in [5, 5.41) is 0.649. The molecule has 204 valence electrons. The van der Waals surface area contributed by atoms with Crippen LogP contribution in [0.2, 0.25) is 10.0 Å². The van der Waals surface area contributed by atoms with Gasteiger partial charge < -0.3 is 10.5 Å². The Bertz CT molecular complexity index is 1500. The average molecular weight is 618 g/mol. The Balaban J connectivity index is 1.42. The fraction of sp³-hybridized carbons (Fsp3) is 0.241. The molecular formula is C29H20Cl4N2O5. The maximum Gasteiger partial charge on any atom is 0.330 e. The fourth-order valence-electron chi connectivity index (χ4n) is 6.35. The number of ether oxygens (including phenoxy) is 1. The summed E-state index contributed by atoms with van der Waals surface area (Å²) in [6.07, 6.45) is -0.644. The Morgan fingerprint density at radius 3 is 1.75 bits per heavy atom. The number of halogens is 4. The van der Waals surface area contributed by atoms with Crippen LogP contribution >= 0.6 is 46.4 Å². The second kappa shape index (κ2) is 9.48. The Hall–Kier alpha value is -3.10. The van der Waals surface area contributed by atoms with Crippen molar-refractivity contribution in [1.82, 2.24) is 4.90 Å². The predicted octanol–water partition coefficient (Wildman–Crippen LogP) is 4.87. The first kappa shape index (κ1) is 27.1. The molecule has 0 saturated carbocycles. The van der Waals surface area contributed by atoms with E-state index in [-0.39, 0.29) is 11.6 Å². The molecule has 1 heterocycles. The Morgan fingerprint density at radius 2 is 1.32 bits per heavy atom. The van der Waals surface area contributed by atoms with Gasteiger partial charge in [-0.1, -0.05) is 77.8 Å². The largest absolute Gasteiger partial charge is 0.459 e. The van der Waals surface area contributed by atoms with E-state index in [0.717, 1.165) is 4.90 Å². The van der Waals surface area contributed by atoms with Crippen LogP contribution in [0.4, 0.5) is 0 Å². The van der Waals surface area contributed by atoms with Gasteiger partial charge >= 0.3 is 5.97 Å². The summed E-state index contributed by atoms with van der Waals surface area (Å²) >= 11 is 27.0. The molecule has 0 unspecified atom stereocenters. The normalized spacial score (nSPS) is 26.6. The van der Waals surface area contributed by atoms with Crippen molar-refractivity contribution in [2.24, 2.45) is 17.6 Å². The zero-order valence-corrected chi connectivity index (χ0v) is 23.6. The monoisotopic (exact) mass is 616 g/mol. The van der Waals surface area contributed by atoms with Crippen molar-refractivity contribution in [2.45, 2.75) is 28.8 Å². The number of rotatable bonds is 6. The van der Waals surface area contributed by atoms with Gasteiger partial charge in [0.15, 0.2) is 0 Å². The van der Waals surface area contributed by atoms with Crippen LogP contribution in [0.5, 0.6) is 0 Å². The number of likely N-dealkylation sites (tertiary alicyclic amines) is 1. The number of hydrogen-bond acceptors (Lipinski definition) is 5. The third-order valence-electron chi connectivity index (χ3n) is 7.98. The molecule has 3 aromatic carbocycles. The van der Waals surface area contributed by atoms with Gasteiger partial charge in [-0.15, -0.1) is 23.2 Å². The van der Waals surface area contributed by atoms with E-state index in [1.54, 1.807) is 60.7 Å². The van der Waals surface area contributed by atoms with Crippen LogP contribution in [-0.2, 0) is 40.3 Å². The zero-order valence-electron chi connectivity index (χ0n) is 20.6. The van der Waals surface area contributed by atoms with Crippen LogP contribution in [0.25, 0.3) is 0 Å². The van der Waals surface area contributed by atoms with E-state index in [0.29, 0.717) is 32.8 Å². The average Bonchev–Trinajstić information content (AvgIpc) is 3.20. The van der Waals surface area contributed by atoms with Crippen LogP contribution in [0.3, 0.4) is 0 Å². The molecule has 40 heavy (non-hydrogen) atoms. The highest BCUT2D eigenvalue weighted by atomic mass is 35.5. The van der Waals surface area contributed by atoms with Gasteiger partial charge in [-0.3, -0.25) is 19.3 Å². The highest BCUT2D eigenvalue weighted by molar-refractivity contribution is 6.36. The minimum Gasteiger partial charge on any atom is -0.459 e. The quantitative estimate of drug-likeness (QED) is 0.241. The molecule has 3 atom stereocenters. The highest BCUT2D eigenvalue weighted by Crippen LogP contribution is 2.69. The summed E-state index contributed by atoms with van der Waals surface area (Å²) in [7, 11) is 0. The maximum absolute atomic E-state index is 14.2. The number of nitrogens with two attached hydrogens (primary N) is 1. The van der Waals surface area contributed by atoms with Gasteiger partial charge in [0.05, 0.1) is 18.3 Å². The molecule has 7 rings (SSSR count). The smallest absolute Gasteiger partial charge is 0.330 e. The third-order valence-corrected chi connectivity index (χ3v) is 9.85. The second-order valence-corrected chi connectivity index (χ2v) is 12.1. The molecule has 7 nitrogen and oxygen atoms in total. The second-order valence-electron chi connectivity index (χ2n) is 10.0. The van der Waals surface area contributed by atoms with Crippen LogP contribution < -0.4 is 5.73 Å². The number of alkyl halides is 2. The summed E-state index contributed by atoms with van der Waals surface area (Å²) in [5.41, 5.74) is 8.34. The summed E-state index contributed by atoms with van der Waals surface area (Å²) in [6, 6.07) is 17.3. The first-order valence-electron chi connectivity index (χ1n) is 12.3. The summed E-state index contributed by atoms with van der Waals surface area (Å²) < 4.78 is 5.43. The number of carbonyl (C=O) groups excluding carboxylic acids is 4. The molecular weight excluding hydrogens is 598 g/mol. The summed E-state index contributed by atoms with van der Waals surface area (Å²) in [6.45, 7) is -0.289. The third kappa shape index (κ3) is 3.64. The topological polar surface area (TPSA) is 107 Å². The van der Waals surface area contributed by atoms with E-state index in [2.05, 4.69) is 0 Å². The van der Waals surface area contributed by atoms with Crippen molar-refractivity contribution in [2.75, 3.05) is 0 Å². The van der Waals surface area contributed by atoms with Crippen LogP contribution in [0, 0.1) is 11.8 Å². The van der Waals surface area contributed by atoms with Crippen molar-refractivity contribution in [3.8, 4) is 0 Å². The molecule has 3 aliphatic carbocycles. The van der Waals surface area contributed by atoms with Gasteiger partial charge in [-0.25, -0.2) is 4.79 Å². The maximum atomic E-state index is 14.2. The Morgan fingerprint density at radius 1 is 0.850 bits per heavy atom. The van der Waals surface area contributed by atoms with Gasteiger partial charge in [-0.05, 0) is 34.4 Å². The molecule has 3 amide bonds. The molecule has 0 spiro atoms. The lowest BCUT2D eigenvalue weighted by Gasteiger charge is -2.54. The molecule has 1 aliphatic heterocycles. The molecule has 1 fully saturated rings. The molecule has 1 saturated heterocycles. The van der Waals surface area contributed by atoms with Gasteiger partial charge in [0.1, 0.15) is 22.4 Å². The molecule has 2 bridgehead atoms. The number of amides is 3. The lowest BCUT2D eigenvalue weighted by atomic mass is 9.54. The molecule has 4 aliphatic rings. The van der Waals surface area contributed by atoms with E-state index in [1.165, 1.54) is 6.07 Å². The number of primary amides is 1. The van der Waals surface area contributed by atoms with Crippen LogP contribution in [-0.4, -0.2) is 34.6 Å². The zero-order chi connectivity index (χ0) is 28.6. The minimum absolute atomic E-state index is 0.256. The molecule has 0 radical (unpaired) electrons. The number of benzene rings is 3. The van der Waals surface area contributed by atoms with Crippen LogP contribution in [0.1, 0.15) is 34.2 Å². The fourth-order valence-corrected chi connectivity index (χ4v) is 7.91. The Labute approximate surface area is 249 Å². The Kier molecular flexibility index (Phi) is 6.42. The molecule has 0 aromatic heterocycles. The first-order valence-corrected chi connectivity index (χ1v) is 13.9. The van der Waals surface area contributed by atoms with E-state index < -0.39 is 57.7 Å². The van der Waals surface area contributed by atoms with Crippen molar-refractivity contribution in [3.05, 3.63) is 105 Å². The first-order chi connectivity index (χ1) is 19.0. The lowest BCUT2D eigenvalue weighted by molar-refractivity contribution is -0.160. The number of carbonyl (C=O) groups is 4. The molecule has 2 N–H and O–H groups in total.